The molecule has 1 aliphatic heterocycles. The number of benzene rings is 1. The van der Waals surface area contributed by atoms with E-state index in [9.17, 15) is 14.4 Å². The Bertz CT molecular complexity index is 891. The van der Waals surface area contributed by atoms with Crippen molar-refractivity contribution in [2.45, 2.75) is 31.7 Å². The minimum atomic E-state index is -0.361. The zero-order valence-corrected chi connectivity index (χ0v) is 17.3. The van der Waals surface area contributed by atoms with Gasteiger partial charge in [0.2, 0.25) is 11.8 Å². The molecule has 1 aromatic carbocycles. The topological polar surface area (TPSA) is 88.6 Å². The number of nitrogens with zero attached hydrogens (tertiary/aromatic N) is 2. The SMILES string of the molecule is O=C(Cc1ccccn1)NCC(=O)N1CCC[C@H]1COC(=O)Cc1cccc(Cl)c1. The summed E-state index contributed by atoms with van der Waals surface area (Å²) in [6.45, 7) is 0.650. The summed E-state index contributed by atoms with van der Waals surface area (Å²) in [4.78, 5) is 42.4. The minimum absolute atomic E-state index is 0.0847. The number of hydrogen-bond acceptors (Lipinski definition) is 5. The molecule has 3 rings (SSSR count). The number of carbonyl (C=O) groups is 3. The van der Waals surface area contributed by atoms with E-state index < -0.39 is 0 Å². The molecule has 0 saturated carbocycles. The molecular formula is C22H24ClN3O4. The van der Waals surface area contributed by atoms with Gasteiger partial charge in [-0.15, -0.1) is 0 Å². The molecule has 2 heterocycles. The van der Waals surface area contributed by atoms with Gasteiger partial charge in [0.05, 0.1) is 25.4 Å². The second-order valence-corrected chi connectivity index (χ2v) is 7.58. The van der Waals surface area contributed by atoms with E-state index in [0.29, 0.717) is 17.3 Å². The summed E-state index contributed by atoms with van der Waals surface area (Å²) in [7, 11) is 0. The highest BCUT2D eigenvalue weighted by molar-refractivity contribution is 6.30. The maximum absolute atomic E-state index is 12.5. The van der Waals surface area contributed by atoms with Gasteiger partial charge >= 0.3 is 5.97 Å². The van der Waals surface area contributed by atoms with Crippen LogP contribution in [-0.2, 0) is 32.0 Å². The Labute approximate surface area is 180 Å². The molecule has 0 aliphatic carbocycles. The Morgan fingerprint density at radius 1 is 1.17 bits per heavy atom. The van der Waals surface area contributed by atoms with Crippen LogP contribution in [0.4, 0.5) is 0 Å². The second kappa shape index (κ2) is 10.7. The summed E-state index contributed by atoms with van der Waals surface area (Å²) in [6, 6.07) is 12.2. The van der Waals surface area contributed by atoms with Crippen LogP contribution in [0.5, 0.6) is 0 Å². The van der Waals surface area contributed by atoms with Gasteiger partial charge in [0, 0.05) is 23.5 Å². The average molecular weight is 430 g/mol. The van der Waals surface area contributed by atoms with E-state index in [1.807, 2.05) is 12.1 Å². The average Bonchev–Trinajstić information content (AvgIpc) is 3.20. The predicted molar refractivity (Wildman–Crippen MR) is 112 cm³/mol. The van der Waals surface area contributed by atoms with Gasteiger partial charge in [-0.3, -0.25) is 19.4 Å². The highest BCUT2D eigenvalue weighted by Gasteiger charge is 2.29. The quantitative estimate of drug-likeness (QED) is 0.650. The normalized spacial score (nSPS) is 15.6. The third kappa shape index (κ3) is 6.56. The number of amides is 2. The molecular weight excluding hydrogens is 406 g/mol. The van der Waals surface area contributed by atoms with E-state index in [4.69, 9.17) is 16.3 Å². The molecule has 2 amide bonds. The van der Waals surface area contributed by atoms with Crippen molar-refractivity contribution >= 4 is 29.4 Å². The van der Waals surface area contributed by atoms with Gasteiger partial charge in [0.25, 0.3) is 0 Å². The highest BCUT2D eigenvalue weighted by Crippen LogP contribution is 2.18. The van der Waals surface area contributed by atoms with Crippen molar-refractivity contribution in [2.75, 3.05) is 19.7 Å². The smallest absolute Gasteiger partial charge is 0.310 e. The molecule has 30 heavy (non-hydrogen) atoms. The molecule has 1 aromatic heterocycles. The molecule has 1 N–H and O–H groups in total. The fourth-order valence-corrected chi connectivity index (χ4v) is 3.61. The highest BCUT2D eigenvalue weighted by atomic mass is 35.5. The largest absolute Gasteiger partial charge is 0.463 e. The third-order valence-electron chi connectivity index (χ3n) is 4.88. The lowest BCUT2D eigenvalue weighted by Gasteiger charge is -2.24. The van der Waals surface area contributed by atoms with Gasteiger partial charge in [-0.05, 0) is 42.7 Å². The summed E-state index contributed by atoms with van der Waals surface area (Å²) in [6.07, 6.45) is 3.47. The minimum Gasteiger partial charge on any atom is -0.463 e. The molecule has 1 saturated heterocycles. The number of halogens is 1. The molecule has 7 nitrogen and oxygen atoms in total. The summed E-state index contributed by atoms with van der Waals surface area (Å²) < 4.78 is 5.38. The lowest BCUT2D eigenvalue weighted by molar-refractivity contribution is -0.146. The maximum Gasteiger partial charge on any atom is 0.310 e. The van der Waals surface area contributed by atoms with Gasteiger partial charge < -0.3 is 15.0 Å². The Kier molecular flexibility index (Phi) is 7.79. The predicted octanol–water partition coefficient (Wildman–Crippen LogP) is 2.17. The van der Waals surface area contributed by atoms with Crippen molar-refractivity contribution in [3.63, 3.8) is 0 Å². The second-order valence-electron chi connectivity index (χ2n) is 7.15. The van der Waals surface area contributed by atoms with Gasteiger partial charge in [-0.2, -0.15) is 0 Å². The van der Waals surface area contributed by atoms with Gasteiger partial charge in [-0.25, -0.2) is 0 Å². The molecule has 8 heteroatoms. The summed E-state index contributed by atoms with van der Waals surface area (Å²) in [5.74, 6) is -0.802. The first-order valence-electron chi connectivity index (χ1n) is 9.87. The summed E-state index contributed by atoms with van der Waals surface area (Å²) in [5.41, 5.74) is 1.43. The number of nitrogens with one attached hydrogen (secondary N) is 1. The first-order chi connectivity index (χ1) is 14.5. The lowest BCUT2D eigenvalue weighted by Crippen LogP contribution is -2.44. The zero-order chi connectivity index (χ0) is 21.3. The first-order valence-corrected chi connectivity index (χ1v) is 10.2. The molecule has 1 aliphatic rings. The van der Waals surface area contributed by atoms with E-state index in [2.05, 4.69) is 10.3 Å². The number of ether oxygens (including phenoxy) is 1. The van der Waals surface area contributed by atoms with Crippen LogP contribution in [-0.4, -0.2) is 53.4 Å². The van der Waals surface area contributed by atoms with E-state index in [-0.39, 0.29) is 49.8 Å². The van der Waals surface area contributed by atoms with E-state index >= 15 is 0 Å². The molecule has 0 bridgehead atoms. The standard InChI is InChI=1S/C22H24ClN3O4/c23-17-6-3-5-16(11-17)12-22(29)30-15-19-8-4-10-26(19)21(28)14-25-20(27)13-18-7-1-2-9-24-18/h1-3,5-7,9,11,19H,4,8,10,12-15H2,(H,25,27)/t19-/m0/s1. The molecule has 0 spiro atoms. The van der Waals surface area contributed by atoms with E-state index in [1.54, 1.807) is 41.4 Å². The Hall–Kier alpha value is -2.93. The number of esters is 1. The fraction of sp³-hybridized carbons (Fsp3) is 0.364. The lowest BCUT2D eigenvalue weighted by atomic mass is 10.1. The Morgan fingerprint density at radius 3 is 2.80 bits per heavy atom. The first kappa shape index (κ1) is 21.8. The van der Waals surface area contributed by atoms with Crippen molar-refractivity contribution in [1.29, 1.82) is 0 Å². The molecule has 158 valence electrons. The molecule has 0 radical (unpaired) electrons. The maximum atomic E-state index is 12.5. The number of pyridine rings is 1. The van der Waals surface area contributed by atoms with Crippen LogP contribution >= 0.6 is 11.6 Å². The van der Waals surface area contributed by atoms with Crippen molar-refractivity contribution < 1.29 is 19.1 Å². The van der Waals surface area contributed by atoms with E-state index in [1.165, 1.54) is 0 Å². The van der Waals surface area contributed by atoms with Gasteiger partial charge in [0.1, 0.15) is 6.61 Å². The van der Waals surface area contributed by atoms with Gasteiger partial charge in [0.15, 0.2) is 0 Å². The van der Waals surface area contributed by atoms with Crippen LogP contribution in [0.1, 0.15) is 24.1 Å². The Morgan fingerprint density at radius 2 is 2.03 bits per heavy atom. The van der Waals surface area contributed by atoms with Crippen LogP contribution in [0.15, 0.2) is 48.7 Å². The number of likely N-dealkylation sites (tertiary alicyclic amines) is 1. The van der Waals surface area contributed by atoms with Crippen LogP contribution in [0.3, 0.4) is 0 Å². The van der Waals surface area contributed by atoms with Crippen molar-refractivity contribution in [1.82, 2.24) is 15.2 Å². The van der Waals surface area contributed by atoms with Crippen LogP contribution in [0.25, 0.3) is 0 Å². The van der Waals surface area contributed by atoms with Crippen LogP contribution < -0.4 is 5.32 Å². The molecule has 1 fully saturated rings. The Balaban J connectivity index is 1.42. The monoisotopic (exact) mass is 429 g/mol. The van der Waals surface area contributed by atoms with Crippen molar-refractivity contribution in [3.05, 3.63) is 64.9 Å². The number of hydrogen-bond donors (Lipinski definition) is 1. The van der Waals surface area contributed by atoms with E-state index in [0.717, 1.165) is 18.4 Å². The fourth-order valence-electron chi connectivity index (χ4n) is 3.40. The number of aromatic nitrogens is 1. The van der Waals surface area contributed by atoms with Crippen molar-refractivity contribution in [3.8, 4) is 0 Å². The van der Waals surface area contributed by atoms with Crippen molar-refractivity contribution in [2.24, 2.45) is 0 Å². The number of carbonyl (C=O) groups excluding carboxylic acids is 3. The third-order valence-corrected chi connectivity index (χ3v) is 5.11. The van der Waals surface area contributed by atoms with Crippen LogP contribution in [0.2, 0.25) is 5.02 Å². The molecule has 1 atom stereocenters. The summed E-state index contributed by atoms with van der Waals surface area (Å²) in [5, 5.41) is 3.21. The van der Waals surface area contributed by atoms with Crippen LogP contribution in [0, 0.1) is 0 Å². The summed E-state index contributed by atoms with van der Waals surface area (Å²) >= 11 is 5.93. The molecule has 2 aromatic rings. The molecule has 0 unspecified atom stereocenters. The zero-order valence-electron chi connectivity index (χ0n) is 16.6. The van der Waals surface area contributed by atoms with Gasteiger partial charge in [-0.1, -0.05) is 29.8 Å². The number of rotatable bonds is 8.